The molecule has 2 aliphatic heterocycles. The Labute approximate surface area is 168 Å². The minimum atomic E-state index is 0.0681. The first-order valence-corrected chi connectivity index (χ1v) is 10.6. The summed E-state index contributed by atoms with van der Waals surface area (Å²) in [7, 11) is 2.03. The summed E-state index contributed by atoms with van der Waals surface area (Å²) in [4.78, 5) is 11.4. The van der Waals surface area contributed by atoms with Crippen molar-refractivity contribution in [3.05, 3.63) is 52.1 Å². The Kier molecular flexibility index (Phi) is 5.04. The maximum Gasteiger partial charge on any atom is 0.187 e. The van der Waals surface area contributed by atoms with Gasteiger partial charge in [-0.3, -0.25) is 4.90 Å². The molecule has 2 aromatic rings. The Morgan fingerprint density at radius 2 is 2.08 bits per heavy atom. The predicted molar refractivity (Wildman–Crippen MR) is 109 cm³/mol. The summed E-state index contributed by atoms with van der Waals surface area (Å²) in [5, 5.41) is 3.21. The summed E-state index contributed by atoms with van der Waals surface area (Å²) in [6, 6.07) is 10.4. The van der Waals surface area contributed by atoms with Crippen molar-refractivity contribution in [1.82, 2.24) is 9.88 Å². The molecule has 4 rings (SSSR count). The number of benzene rings is 1. The van der Waals surface area contributed by atoms with Gasteiger partial charge in [0, 0.05) is 25.2 Å². The quantitative estimate of drug-likeness (QED) is 0.476. The predicted octanol–water partition coefficient (Wildman–Crippen LogP) is 4.35. The fourth-order valence-corrected chi connectivity index (χ4v) is 5.03. The third-order valence-electron chi connectivity index (χ3n) is 4.38. The minimum Gasteiger partial charge on any atom is -0.370 e. The van der Waals surface area contributed by atoms with E-state index in [0.29, 0.717) is 6.61 Å². The molecule has 0 saturated carbocycles. The fourth-order valence-electron chi connectivity index (χ4n) is 2.94. The molecule has 1 saturated heterocycles. The fraction of sp³-hybridized carbons (Fsp3) is 0.353. The average Bonchev–Trinajstić information content (AvgIpc) is 3.24. The summed E-state index contributed by atoms with van der Waals surface area (Å²) >= 11 is 8.93. The first-order chi connectivity index (χ1) is 12.1. The van der Waals surface area contributed by atoms with Gasteiger partial charge in [0.15, 0.2) is 10.2 Å². The standard InChI is InChI=1S/C17H18Br2N4OS/c1-21-14(18)10-23(16(21)19)15-11-25-17(20-15)22-7-8-24-13(9-22)12-5-3-2-4-6-12/h2-6,10-11,13,16H,7-9H2,1H3. The third-order valence-corrected chi connectivity index (χ3v) is 7.09. The Morgan fingerprint density at radius 3 is 2.80 bits per heavy atom. The topological polar surface area (TPSA) is 31.8 Å². The van der Waals surface area contributed by atoms with Gasteiger partial charge in [-0.1, -0.05) is 30.3 Å². The monoisotopic (exact) mass is 484 g/mol. The van der Waals surface area contributed by atoms with E-state index >= 15 is 0 Å². The molecule has 2 atom stereocenters. The zero-order valence-electron chi connectivity index (χ0n) is 13.7. The van der Waals surface area contributed by atoms with Gasteiger partial charge in [-0.05, 0) is 37.4 Å². The van der Waals surface area contributed by atoms with Gasteiger partial charge >= 0.3 is 0 Å². The molecule has 1 aromatic heterocycles. The number of thiazole rings is 1. The van der Waals surface area contributed by atoms with Gasteiger partial charge in [-0.15, -0.1) is 11.3 Å². The molecule has 2 unspecified atom stereocenters. The molecule has 132 valence electrons. The zero-order chi connectivity index (χ0) is 17.4. The van der Waals surface area contributed by atoms with Gasteiger partial charge in [0.2, 0.25) is 0 Å². The molecule has 1 fully saturated rings. The van der Waals surface area contributed by atoms with Crippen molar-refractivity contribution >= 4 is 54.1 Å². The van der Waals surface area contributed by atoms with Crippen LogP contribution in [0.4, 0.5) is 10.9 Å². The van der Waals surface area contributed by atoms with Gasteiger partial charge in [0.1, 0.15) is 11.9 Å². The van der Waals surface area contributed by atoms with Crippen LogP contribution in [0, 0.1) is 0 Å². The van der Waals surface area contributed by atoms with E-state index in [1.54, 1.807) is 11.3 Å². The highest BCUT2D eigenvalue weighted by Gasteiger charge is 2.30. The number of ether oxygens (including phenoxy) is 1. The number of aromatic nitrogens is 1. The molecule has 5 nitrogen and oxygen atoms in total. The number of anilines is 2. The number of morpholine rings is 1. The zero-order valence-corrected chi connectivity index (χ0v) is 17.7. The van der Waals surface area contributed by atoms with Crippen LogP contribution in [0.25, 0.3) is 0 Å². The summed E-state index contributed by atoms with van der Waals surface area (Å²) in [5.74, 6) is 0.950. The van der Waals surface area contributed by atoms with Crippen LogP contribution in [0.1, 0.15) is 11.7 Å². The molecule has 0 bridgehead atoms. The molecular formula is C17H18Br2N4OS. The van der Waals surface area contributed by atoms with Crippen molar-refractivity contribution in [2.45, 2.75) is 11.2 Å². The van der Waals surface area contributed by atoms with Gasteiger partial charge < -0.3 is 14.5 Å². The highest BCUT2D eigenvalue weighted by molar-refractivity contribution is 9.12. The van der Waals surface area contributed by atoms with E-state index in [0.717, 1.165) is 28.6 Å². The highest BCUT2D eigenvalue weighted by Crippen LogP contribution is 2.36. The lowest BCUT2D eigenvalue weighted by molar-refractivity contribution is 0.0398. The van der Waals surface area contributed by atoms with Gasteiger partial charge in [-0.2, -0.15) is 0 Å². The molecule has 0 N–H and O–H groups in total. The van der Waals surface area contributed by atoms with Crippen molar-refractivity contribution in [3.63, 3.8) is 0 Å². The van der Waals surface area contributed by atoms with E-state index < -0.39 is 0 Å². The molecule has 0 spiro atoms. The van der Waals surface area contributed by atoms with Crippen molar-refractivity contribution in [2.75, 3.05) is 36.5 Å². The smallest absolute Gasteiger partial charge is 0.187 e. The lowest BCUT2D eigenvalue weighted by Gasteiger charge is -2.33. The van der Waals surface area contributed by atoms with Crippen LogP contribution in [-0.4, -0.2) is 41.7 Å². The summed E-state index contributed by atoms with van der Waals surface area (Å²) in [6.45, 7) is 2.41. The van der Waals surface area contributed by atoms with Gasteiger partial charge in [-0.25, -0.2) is 4.98 Å². The van der Waals surface area contributed by atoms with Crippen LogP contribution < -0.4 is 9.80 Å². The number of hydrogen-bond acceptors (Lipinski definition) is 6. The summed E-state index contributed by atoms with van der Waals surface area (Å²) in [5.41, 5.74) is 1.22. The number of halogens is 2. The van der Waals surface area contributed by atoms with Gasteiger partial charge in [0.25, 0.3) is 0 Å². The van der Waals surface area contributed by atoms with E-state index in [2.05, 4.69) is 76.2 Å². The Morgan fingerprint density at radius 1 is 1.28 bits per heavy atom. The highest BCUT2D eigenvalue weighted by atomic mass is 79.9. The minimum absolute atomic E-state index is 0.0681. The second-order valence-electron chi connectivity index (χ2n) is 5.99. The molecule has 3 heterocycles. The van der Waals surface area contributed by atoms with Crippen molar-refractivity contribution in [1.29, 1.82) is 0 Å². The van der Waals surface area contributed by atoms with Crippen molar-refractivity contribution < 1.29 is 4.74 Å². The number of hydrogen-bond donors (Lipinski definition) is 0. The van der Waals surface area contributed by atoms with Gasteiger partial charge in [0.05, 0.1) is 17.8 Å². The SMILES string of the molecule is CN1C(Br)=CN(c2csc(N3CCOC(c4ccccc4)C3)n2)C1Br. The molecule has 0 radical (unpaired) electrons. The third kappa shape index (κ3) is 3.45. The number of nitrogens with zero attached hydrogens (tertiary/aromatic N) is 4. The average molecular weight is 486 g/mol. The van der Waals surface area contributed by atoms with E-state index in [4.69, 9.17) is 9.72 Å². The second-order valence-corrected chi connectivity index (χ2v) is 8.45. The van der Waals surface area contributed by atoms with E-state index in [9.17, 15) is 0 Å². The molecule has 8 heteroatoms. The lowest BCUT2D eigenvalue weighted by atomic mass is 10.1. The Balaban J connectivity index is 1.50. The van der Waals surface area contributed by atoms with Crippen LogP contribution in [0.15, 0.2) is 46.5 Å². The molecule has 2 aliphatic rings. The largest absolute Gasteiger partial charge is 0.370 e. The lowest BCUT2D eigenvalue weighted by Crippen LogP contribution is -2.38. The second kappa shape index (κ2) is 7.26. The maximum atomic E-state index is 5.96. The van der Waals surface area contributed by atoms with Crippen LogP contribution in [0.5, 0.6) is 0 Å². The number of rotatable bonds is 3. The summed E-state index contributed by atoms with van der Waals surface area (Å²) in [6.07, 6.45) is 2.14. The van der Waals surface area contributed by atoms with Crippen LogP contribution in [0.3, 0.4) is 0 Å². The molecule has 0 amide bonds. The normalized spacial score (nSPS) is 24.0. The van der Waals surface area contributed by atoms with Crippen LogP contribution in [-0.2, 0) is 4.74 Å². The first-order valence-electron chi connectivity index (χ1n) is 8.03. The Bertz CT molecular complexity index is 769. The van der Waals surface area contributed by atoms with E-state index in [1.165, 1.54) is 5.56 Å². The summed E-state index contributed by atoms with van der Waals surface area (Å²) < 4.78 is 6.99. The van der Waals surface area contributed by atoms with E-state index in [-0.39, 0.29) is 11.2 Å². The Hall–Kier alpha value is -1.09. The van der Waals surface area contributed by atoms with Crippen LogP contribution in [0.2, 0.25) is 0 Å². The van der Waals surface area contributed by atoms with Crippen molar-refractivity contribution in [3.8, 4) is 0 Å². The number of alkyl halides is 1. The molecule has 0 aliphatic carbocycles. The molecular weight excluding hydrogens is 468 g/mol. The first kappa shape index (κ1) is 17.3. The van der Waals surface area contributed by atoms with E-state index in [1.807, 2.05) is 19.3 Å². The molecule has 1 aromatic carbocycles. The van der Waals surface area contributed by atoms with Crippen molar-refractivity contribution in [2.24, 2.45) is 0 Å². The maximum absolute atomic E-state index is 5.96. The van der Waals surface area contributed by atoms with Crippen LogP contribution >= 0.6 is 43.2 Å². The molecule has 25 heavy (non-hydrogen) atoms.